The maximum Gasteiger partial charge on any atom is 0.227 e. The van der Waals surface area contributed by atoms with Gasteiger partial charge in [-0.25, -0.2) is 0 Å². The van der Waals surface area contributed by atoms with Crippen LogP contribution < -0.4 is 21.5 Å². The van der Waals surface area contributed by atoms with E-state index >= 15 is 0 Å². The van der Waals surface area contributed by atoms with Gasteiger partial charge in [-0.1, -0.05) is 46.3 Å². The van der Waals surface area contributed by atoms with E-state index in [0.717, 1.165) is 10.0 Å². The van der Waals surface area contributed by atoms with Crippen molar-refractivity contribution in [2.75, 3.05) is 0 Å². The molecule has 0 aliphatic heterocycles. The molecule has 17 heavy (non-hydrogen) atoms. The van der Waals surface area contributed by atoms with Crippen molar-refractivity contribution in [3.05, 3.63) is 64.9 Å². The van der Waals surface area contributed by atoms with Crippen LogP contribution in [0.3, 0.4) is 0 Å². The summed E-state index contributed by atoms with van der Waals surface area (Å²) in [5, 5.41) is 0. The number of nitrogens with zero attached hydrogens (tertiary/aromatic N) is 1. The van der Waals surface area contributed by atoms with Crippen molar-refractivity contribution in [1.29, 1.82) is 0 Å². The van der Waals surface area contributed by atoms with Gasteiger partial charge in [0.25, 0.3) is 0 Å². The Hall–Kier alpha value is -1.00. The summed E-state index contributed by atoms with van der Waals surface area (Å²) in [6.45, 7) is 0.372. The SMILES string of the molecule is O=C(C[n+]1ccc(Br)cc1)c1ccccc1.[Br-]. The molecule has 0 fully saturated rings. The number of carbonyl (C=O) groups excluding carboxylic acids is 1. The predicted octanol–water partition coefficient (Wildman–Crippen LogP) is -0.377. The average molecular weight is 357 g/mol. The van der Waals surface area contributed by atoms with Crippen LogP contribution >= 0.6 is 15.9 Å². The first kappa shape index (κ1) is 14.1. The fourth-order valence-corrected chi connectivity index (χ4v) is 1.66. The Labute approximate surface area is 119 Å². The minimum absolute atomic E-state index is 0. The van der Waals surface area contributed by atoms with Gasteiger partial charge < -0.3 is 17.0 Å². The van der Waals surface area contributed by atoms with Crippen molar-refractivity contribution in [2.45, 2.75) is 6.54 Å². The summed E-state index contributed by atoms with van der Waals surface area (Å²) in [6.07, 6.45) is 3.76. The summed E-state index contributed by atoms with van der Waals surface area (Å²) in [7, 11) is 0. The van der Waals surface area contributed by atoms with Crippen LogP contribution in [0, 0.1) is 0 Å². The van der Waals surface area contributed by atoms with Gasteiger partial charge in [-0.2, -0.15) is 4.57 Å². The van der Waals surface area contributed by atoms with Gasteiger partial charge in [-0.3, -0.25) is 4.79 Å². The van der Waals surface area contributed by atoms with Gasteiger partial charge in [-0.15, -0.1) is 0 Å². The molecule has 0 aliphatic carbocycles. The van der Waals surface area contributed by atoms with Gasteiger partial charge in [0.05, 0.1) is 0 Å². The zero-order valence-electron chi connectivity index (χ0n) is 9.01. The molecule has 1 aromatic carbocycles. The molecule has 1 aromatic heterocycles. The number of pyridine rings is 1. The van der Waals surface area contributed by atoms with Gasteiger partial charge in [0.15, 0.2) is 12.4 Å². The lowest BCUT2D eigenvalue weighted by Gasteiger charge is -1.97. The molecule has 0 bridgehead atoms. The number of hydrogen-bond donors (Lipinski definition) is 0. The Bertz CT molecular complexity index is 483. The second kappa shape index (κ2) is 6.67. The first-order chi connectivity index (χ1) is 7.75. The fourth-order valence-electron chi connectivity index (χ4n) is 1.43. The highest BCUT2D eigenvalue weighted by molar-refractivity contribution is 9.10. The third-order valence-corrected chi connectivity index (χ3v) is 2.80. The highest BCUT2D eigenvalue weighted by atomic mass is 79.9. The zero-order chi connectivity index (χ0) is 11.4. The smallest absolute Gasteiger partial charge is 0.227 e. The van der Waals surface area contributed by atoms with Crippen molar-refractivity contribution >= 4 is 21.7 Å². The van der Waals surface area contributed by atoms with E-state index in [9.17, 15) is 4.79 Å². The quantitative estimate of drug-likeness (QED) is 0.542. The molecule has 0 saturated carbocycles. The summed E-state index contributed by atoms with van der Waals surface area (Å²) in [5.74, 6) is 0.118. The predicted molar refractivity (Wildman–Crippen MR) is 65.1 cm³/mol. The number of Topliss-reactive ketones (excluding diaryl/α,β-unsaturated/α-hetero) is 1. The third kappa shape index (κ3) is 4.06. The average Bonchev–Trinajstić information content (AvgIpc) is 2.33. The molecule has 0 amide bonds. The highest BCUT2D eigenvalue weighted by Gasteiger charge is 2.10. The molecule has 2 rings (SSSR count). The van der Waals surface area contributed by atoms with E-state index in [4.69, 9.17) is 0 Å². The number of ketones is 1. The Balaban J connectivity index is 0.00000144. The summed E-state index contributed by atoms with van der Waals surface area (Å²) in [5.41, 5.74) is 0.748. The molecule has 0 atom stereocenters. The van der Waals surface area contributed by atoms with Gasteiger partial charge in [0, 0.05) is 22.2 Å². The van der Waals surface area contributed by atoms with Crippen molar-refractivity contribution in [1.82, 2.24) is 0 Å². The van der Waals surface area contributed by atoms with Crippen molar-refractivity contribution < 1.29 is 26.3 Å². The molecule has 0 saturated heterocycles. The van der Waals surface area contributed by atoms with E-state index in [2.05, 4.69) is 15.9 Å². The van der Waals surface area contributed by atoms with Crippen molar-refractivity contribution in [3.63, 3.8) is 0 Å². The number of hydrogen-bond acceptors (Lipinski definition) is 1. The lowest BCUT2D eigenvalue weighted by Crippen LogP contribution is -3.00. The number of aromatic nitrogens is 1. The van der Waals surface area contributed by atoms with Gasteiger partial charge in [0.1, 0.15) is 0 Å². The minimum atomic E-state index is 0. The monoisotopic (exact) mass is 355 g/mol. The van der Waals surface area contributed by atoms with E-state index in [0.29, 0.717) is 6.54 Å². The summed E-state index contributed by atoms with van der Waals surface area (Å²) < 4.78 is 2.87. The van der Waals surface area contributed by atoms with E-state index in [1.54, 1.807) is 0 Å². The fraction of sp³-hybridized carbons (Fsp3) is 0.0769. The largest absolute Gasteiger partial charge is 1.00 e. The Morgan fingerprint density at radius 2 is 1.65 bits per heavy atom. The van der Waals surface area contributed by atoms with Gasteiger partial charge in [-0.05, 0) is 0 Å². The first-order valence-electron chi connectivity index (χ1n) is 4.98. The number of carbonyl (C=O) groups is 1. The normalized spacial score (nSPS) is 9.47. The molecule has 0 radical (unpaired) electrons. The van der Waals surface area contributed by atoms with Crippen LogP contribution in [0.15, 0.2) is 59.3 Å². The maximum absolute atomic E-state index is 11.9. The van der Waals surface area contributed by atoms with Crippen LogP contribution in [-0.4, -0.2) is 5.78 Å². The third-order valence-electron chi connectivity index (χ3n) is 2.27. The lowest BCUT2D eigenvalue weighted by molar-refractivity contribution is -0.683. The Kier molecular flexibility index (Phi) is 5.51. The molecule has 0 spiro atoms. The molecule has 0 unspecified atom stereocenters. The summed E-state index contributed by atoms with van der Waals surface area (Å²) >= 11 is 3.36. The number of halogens is 2. The van der Waals surface area contributed by atoms with Gasteiger partial charge >= 0.3 is 0 Å². The Morgan fingerprint density at radius 3 is 2.24 bits per heavy atom. The highest BCUT2D eigenvalue weighted by Crippen LogP contribution is 2.04. The van der Waals surface area contributed by atoms with E-state index in [1.165, 1.54) is 0 Å². The van der Waals surface area contributed by atoms with E-state index in [-0.39, 0.29) is 22.8 Å². The molecule has 1 heterocycles. The minimum Gasteiger partial charge on any atom is -1.00 e. The molecule has 88 valence electrons. The van der Waals surface area contributed by atoms with Crippen LogP contribution in [0.4, 0.5) is 0 Å². The van der Waals surface area contributed by atoms with Crippen molar-refractivity contribution in [2.24, 2.45) is 0 Å². The molecule has 0 aliphatic rings. The summed E-state index contributed by atoms with van der Waals surface area (Å²) in [6, 6.07) is 13.2. The standard InChI is InChI=1S/C13H11BrNO.BrH/c14-12-6-8-15(9-7-12)10-13(16)11-4-2-1-3-5-11;/h1-9H,10H2;1H/q+1;/p-1. The van der Waals surface area contributed by atoms with Crippen LogP contribution in [-0.2, 0) is 6.54 Å². The van der Waals surface area contributed by atoms with Gasteiger partial charge in [0.2, 0.25) is 12.3 Å². The molecule has 2 nitrogen and oxygen atoms in total. The molecule has 2 aromatic rings. The van der Waals surface area contributed by atoms with Crippen LogP contribution in [0.2, 0.25) is 0 Å². The van der Waals surface area contributed by atoms with E-state index < -0.39 is 0 Å². The van der Waals surface area contributed by atoms with Crippen LogP contribution in [0.1, 0.15) is 10.4 Å². The zero-order valence-corrected chi connectivity index (χ0v) is 12.2. The maximum atomic E-state index is 11.9. The Morgan fingerprint density at radius 1 is 1.06 bits per heavy atom. The molecular formula is C13H11Br2NO. The summed E-state index contributed by atoms with van der Waals surface area (Å²) in [4.78, 5) is 11.9. The lowest BCUT2D eigenvalue weighted by atomic mass is 10.1. The number of rotatable bonds is 3. The second-order valence-electron chi connectivity index (χ2n) is 3.48. The molecule has 0 N–H and O–H groups in total. The topological polar surface area (TPSA) is 20.9 Å². The molecule has 4 heteroatoms. The van der Waals surface area contributed by atoms with Crippen LogP contribution in [0.25, 0.3) is 0 Å². The second-order valence-corrected chi connectivity index (χ2v) is 4.39. The molecular weight excluding hydrogens is 346 g/mol. The number of benzene rings is 1. The first-order valence-corrected chi connectivity index (χ1v) is 5.78. The van der Waals surface area contributed by atoms with Crippen LogP contribution in [0.5, 0.6) is 0 Å². The van der Waals surface area contributed by atoms with Crippen molar-refractivity contribution in [3.8, 4) is 0 Å². The van der Waals surface area contributed by atoms with E-state index in [1.807, 2.05) is 59.4 Å².